The van der Waals surface area contributed by atoms with Crippen LogP contribution in [0.1, 0.15) is 25.0 Å². The summed E-state index contributed by atoms with van der Waals surface area (Å²) in [7, 11) is 0. The molecule has 1 spiro atoms. The Morgan fingerprint density at radius 2 is 1.68 bits per heavy atom. The van der Waals surface area contributed by atoms with E-state index in [1.807, 2.05) is 6.07 Å². The van der Waals surface area contributed by atoms with Gasteiger partial charge in [-0.1, -0.05) is 42.5 Å². The second-order valence-corrected chi connectivity index (χ2v) is 8.27. The maximum atomic E-state index is 5.59. The molecule has 0 unspecified atom stereocenters. The Bertz CT molecular complexity index is 940. The highest BCUT2D eigenvalue weighted by Crippen LogP contribution is 2.42. The number of hydrogen-bond acceptors (Lipinski definition) is 3. The van der Waals surface area contributed by atoms with Crippen LogP contribution < -0.4 is 4.90 Å². The van der Waals surface area contributed by atoms with E-state index in [0.717, 1.165) is 43.3 Å². The van der Waals surface area contributed by atoms with Crippen LogP contribution in [0.25, 0.3) is 22.4 Å². The normalized spacial score (nSPS) is 18.7. The molecular weight excluding hydrogens is 346 g/mol. The SMILES string of the molecule is Cc1[nH]nc(-c2ccccc2)c1-c1ccc(N2CCC3(CCOCC3)C2)cc1. The number of aryl methyl sites for hydroxylation is 1. The molecule has 2 aliphatic heterocycles. The van der Waals surface area contributed by atoms with Crippen molar-refractivity contribution in [1.29, 1.82) is 0 Å². The quantitative estimate of drug-likeness (QED) is 0.698. The van der Waals surface area contributed by atoms with E-state index in [9.17, 15) is 0 Å². The fourth-order valence-corrected chi connectivity index (χ4v) is 4.79. The van der Waals surface area contributed by atoms with Gasteiger partial charge in [0.1, 0.15) is 5.69 Å². The Hall–Kier alpha value is -2.59. The van der Waals surface area contributed by atoms with Gasteiger partial charge in [0.15, 0.2) is 0 Å². The molecule has 3 heterocycles. The highest BCUT2D eigenvalue weighted by atomic mass is 16.5. The molecule has 0 amide bonds. The van der Waals surface area contributed by atoms with E-state index in [0.29, 0.717) is 5.41 Å². The smallest absolute Gasteiger partial charge is 0.100 e. The third kappa shape index (κ3) is 3.12. The first-order valence-electron chi connectivity index (χ1n) is 10.3. The first-order chi connectivity index (χ1) is 13.7. The van der Waals surface area contributed by atoms with Crippen molar-refractivity contribution >= 4 is 5.69 Å². The second kappa shape index (κ2) is 7.10. The lowest BCUT2D eigenvalue weighted by Gasteiger charge is -2.33. The molecule has 0 saturated carbocycles. The number of anilines is 1. The van der Waals surface area contributed by atoms with Crippen LogP contribution in [0.15, 0.2) is 54.6 Å². The third-order valence-electron chi connectivity index (χ3n) is 6.51. The number of H-pyrrole nitrogens is 1. The van der Waals surface area contributed by atoms with E-state index >= 15 is 0 Å². The predicted molar refractivity (Wildman–Crippen MR) is 114 cm³/mol. The lowest BCUT2D eigenvalue weighted by Crippen LogP contribution is -2.33. The molecule has 0 radical (unpaired) electrons. The Balaban J connectivity index is 1.40. The maximum absolute atomic E-state index is 5.59. The molecule has 144 valence electrons. The first kappa shape index (κ1) is 17.5. The lowest BCUT2D eigenvalue weighted by molar-refractivity contribution is 0.0254. The van der Waals surface area contributed by atoms with Crippen molar-refractivity contribution in [1.82, 2.24) is 10.2 Å². The van der Waals surface area contributed by atoms with Crippen molar-refractivity contribution in [2.24, 2.45) is 5.41 Å². The van der Waals surface area contributed by atoms with Crippen LogP contribution in [0.3, 0.4) is 0 Å². The van der Waals surface area contributed by atoms with E-state index in [1.54, 1.807) is 0 Å². The van der Waals surface area contributed by atoms with Crippen molar-refractivity contribution in [2.75, 3.05) is 31.2 Å². The topological polar surface area (TPSA) is 41.2 Å². The molecule has 2 aliphatic rings. The largest absolute Gasteiger partial charge is 0.381 e. The van der Waals surface area contributed by atoms with E-state index in [2.05, 4.69) is 70.6 Å². The maximum Gasteiger partial charge on any atom is 0.100 e. The molecule has 3 aromatic rings. The zero-order valence-corrected chi connectivity index (χ0v) is 16.4. The highest BCUT2D eigenvalue weighted by Gasteiger charge is 2.39. The Kier molecular flexibility index (Phi) is 4.44. The van der Waals surface area contributed by atoms with Gasteiger partial charge in [-0.15, -0.1) is 0 Å². The summed E-state index contributed by atoms with van der Waals surface area (Å²) < 4.78 is 5.59. The summed E-state index contributed by atoms with van der Waals surface area (Å²) in [5.41, 5.74) is 7.48. The van der Waals surface area contributed by atoms with Crippen LogP contribution >= 0.6 is 0 Å². The van der Waals surface area contributed by atoms with Gasteiger partial charge < -0.3 is 9.64 Å². The summed E-state index contributed by atoms with van der Waals surface area (Å²) in [6, 6.07) is 19.4. The number of aromatic amines is 1. The summed E-state index contributed by atoms with van der Waals surface area (Å²) in [5, 5.41) is 7.74. The Labute approximate surface area is 166 Å². The minimum atomic E-state index is 0.471. The second-order valence-electron chi connectivity index (χ2n) is 8.27. The van der Waals surface area contributed by atoms with Crippen LogP contribution in [-0.2, 0) is 4.74 Å². The van der Waals surface area contributed by atoms with Gasteiger partial charge >= 0.3 is 0 Å². The fraction of sp³-hybridized carbons (Fsp3) is 0.375. The fourth-order valence-electron chi connectivity index (χ4n) is 4.79. The minimum absolute atomic E-state index is 0.471. The molecule has 2 fully saturated rings. The van der Waals surface area contributed by atoms with Gasteiger partial charge in [0, 0.05) is 48.8 Å². The average molecular weight is 374 g/mol. The monoisotopic (exact) mass is 373 g/mol. The van der Waals surface area contributed by atoms with Gasteiger partial charge in [0.2, 0.25) is 0 Å². The average Bonchev–Trinajstić information content (AvgIpc) is 3.33. The molecule has 1 aromatic heterocycles. The lowest BCUT2D eigenvalue weighted by atomic mass is 9.80. The Morgan fingerprint density at radius 1 is 0.929 bits per heavy atom. The zero-order valence-electron chi connectivity index (χ0n) is 16.4. The molecule has 0 aliphatic carbocycles. The van der Waals surface area contributed by atoms with Crippen molar-refractivity contribution in [2.45, 2.75) is 26.2 Å². The van der Waals surface area contributed by atoms with E-state index in [-0.39, 0.29) is 0 Å². The standard InChI is InChI=1S/C24H27N3O/c1-18-22(23(26-25-18)20-5-3-2-4-6-20)19-7-9-21(10-8-19)27-14-11-24(17-27)12-15-28-16-13-24/h2-10H,11-17H2,1H3,(H,25,26). The third-order valence-corrected chi connectivity index (χ3v) is 6.51. The molecule has 1 N–H and O–H groups in total. The highest BCUT2D eigenvalue weighted by molar-refractivity contribution is 5.83. The van der Waals surface area contributed by atoms with Gasteiger partial charge in [-0.2, -0.15) is 5.10 Å². The van der Waals surface area contributed by atoms with Gasteiger partial charge in [0.05, 0.1) is 0 Å². The summed E-state index contributed by atoms with van der Waals surface area (Å²) in [5.74, 6) is 0. The van der Waals surface area contributed by atoms with Crippen LogP contribution in [0.5, 0.6) is 0 Å². The van der Waals surface area contributed by atoms with Crippen molar-refractivity contribution in [3.05, 3.63) is 60.3 Å². The number of nitrogens with one attached hydrogen (secondary N) is 1. The predicted octanol–water partition coefficient (Wildman–Crippen LogP) is 5.06. The van der Waals surface area contributed by atoms with Crippen LogP contribution in [0, 0.1) is 12.3 Å². The van der Waals surface area contributed by atoms with E-state index in [4.69, 9.17) is 4.74 Å². The van der Waals surface area contributed by atoms with Crippen molar-refractivity contribution < 1.29 is 4.74 Å². The number of benzene rings is 2. The molecule has 2 aromatic carbocycles. The zero-order chi connectivity index (χ0) is 19.0. The van der Waals surface area contributed by atoms with Gasteiger partial charge in [-0.3, -0.25) is 5.10 Å². The van der Waals surface area contributed by atoms with Gasteiger partial charge in [-0.25, -0.2) is 0 Å². The number of rotatable bonds is 3. The molecule has 0 atom stereocenters. The minimum Gasteiger partial charge on any atom is -0.381 e. The van der Waals surface area contributed by atoms with Crippen LogP contribution in [0.4, 0.5) is 5.69 Å². The summed E-state index contributed by atoms with van der Waals surface area (Å²) in [6.45, 7) is 6.26. The molecule has 2 saturated heterocycles. The van der Waals surface area contributed by atoms with E-state index < -0.39 is 0 Å². The number of hydrogen-bond donors (Lipinski definition) is 1. The molecular formula is C24H27N3O. The van der Waals surface area contributed by atoms with Crippen molar-refractivity contribution in [3.63, 3.8) is 0 Å². The summed E-state index contributed by atoms with van der Waals surface area (Å²) >= 11 is 0. The molecule has 4 heteroatoms. The van der Waals surface area contributed by atoms with Crippen molar-refractivity contribution in [3.8, 4) is 22.4 Å². The summed E-state index contributed by atoms with van der Waals surface area (Å²) in [4.78, 5) is 2.55. The summed E-state index contributed by atoms with van der Waals surface area (Å²) in [6.07, 6.45) is 3.70. The van der Waals surface area contributed by atoms with Gasteiger partial charge in [-0.05, 0) is 49.3 Å². The number of ether oxygens (including phenoxy) is 1. The van der Waals surface area contributed by atoms with E-state index in [1.165, 1.54) is 36.1 Å². The first-order valence-corrected chi connectivity index (χ1v) is 10.3. The molecule has 5 rings (SSSR count). The molecule has 4 nitrogen and oxygen atoms in total. The Morgan fingerprint density at radius 3 is 2.43 bits per heavy atom. The van der Waals surface area contributed by atoms with Crippen LogP contribution in [-0.4, -0.2) is 36.5 Å². The number of nitrogens with zero attached hydrogens (tertiary/aromatic N) is 2. The molecule has 28 heavy (non-hydrogen) atoms. The van der Waals surface area contributed by atoms with Crippen LogP contribution in [0.2, 0.25) is 0 Å². The molecule has 0 bridgehead atoms. The number of aromatic nitrogens is 2. The van der Waals surface area contributed by atoms with Gasteiger partial charge in [0.25, 0.3) is 0 Å².